The van der Waals surface area contributed by atoms with E-state index in [0.29, 0.717) is 11.3 Å². The minimum absolute atomic E-state index is 0.295. The van der Waals surface area contributed by atoms with Crippen molar-refractivity contribution in [2.75, 3.05) is 5.32 Å². The number of aliphatic hydroxyl groups is 1. The summed E-state index contributed by atoms with van der Waals surface area (Å²) in [5.41, 5.74) is -1.24. The standard InChI is InChI=1S/C10H8BrNO4/c11-5-1-2-6-7(3-5)12-9(15)10(6,16)4-8(13)14/h1-3,16H,4H2,(H,12,15)(H,13,14). The number of benzene rings is 1. The molecule has 0 bridgehead atoms. The summed E-state index contributed by atoms with van der Waals surface area (Å²) < 4.78 is 0.742. The number of rotatable bonds is 2. The number of amides is 1. The molecule has 0 aromatic heterocycles. The van der Waals surface area contributed by atoms with Crippen molar-refractivity contribution in [3.05, 3.63) is 28.2 Å². The molecule has 6 heteroatoms. The molecule has 3 N–H and O–H groups in total. The van der Waals surface area contributed by atoms with Crippen LogP contribution in [0.15, 0.2) is 22.7 Å². The van der Waals surface area contributed by atoms with Gasteiger partial charge in [0.1, 0.15) is 0 Å². The molecule has 0 saturated heterocycles. The number of hydrogen-bond donors (Lipinski definition) is 3. The second-order valence-electron chi connectivity index (χ2n) is 3.57. The summed E-state index contributed by atoms with van der Waals surface area (Å²) in [5, 5.41) is 21.2. The number of carboxylic acid groups (broad SMARTS) is 1. The van der Waals surface area contributed by atoms with E-state index in [1.165, 1.54) is 6.07 Å². The van der Waals surface area contributed by atoms with Crippen LogP contribution in [-0.2, 0) is 15.2 Å². The quantitative estimate of drug-likeness (QED) is 0.758. The molecule has 5 nitrogen and oxygen atoms in total. The third-order valence-corrected chi connectivity index (χ3v) is 2.95. The average Bonchev–Trinajstić information content (AvgIpc) is 2.37. The molecule has 1 amide bonds. The van der Waals surface area contributed by atoms with Crippen molar-refractivity contribution in [3.63, 3.8) is 0 Å². The van der Waals surface area contributed by atoms with Crippen LogP contribution < -0.4 is 5.32 Å². The Hall–Kier alpha value is -1.40. The van der Waals surface area contributed by atoms with Gasteiger partial charge in [0.05, 0.1) is 6.42 Å². The normalized spacial score (nSPS) is 22.8. The van der Waals surface area contributed by atoms with Gasteiger partial charge in [0.25, 0.3) is 5.91 Å². The molecule has 1 atom stereocenters. The number of carbonyl (C=O) groups excluding carboxylic acids is 1. The Labute approximate surface area is 99.2 Å². The molecule has 1 aromatic rings. The smallest absolute Gasteiger partial charge is 0.307 e. The molecule has 1 aliphatic heterocycles. The van der Waals surface area contributed by atoms with E-state index in [9.17, 15) is 14.7 Å². The number of aliphatic carboxylic acids is 1. The van der Waals surface area contributed by atoms with Crippen LogP contribution in [-0.4, -0.2) is 22.1 Å². The molecule has 84 valence electrons. The van der Waals surface area contributed by atoms with Crippen molar-refractivity contribution in [3.8, 4) is 0 Å². The molecule has 1 aliphatic rings. The molecule has 1 heterocycles. The Morgan fingerprint density at radius 2 is 2.19 bits per heavy atom. The summed E-state index contributed by atoms with van der Waals surface area (Å²) in [7, 11) is 0. The SMILES string of the molecule is O=C(O)CC1(O)C(=O)Nc2cc(Br)ccc21. The van der Waals surface area contributed by atoms with Crippen LogP contribution in [0.4, 0.5) is 5.69 Å². The minimum Gasteiger partial charge on any atom is -0.481 e. The highest BCUT2D eigenvalue weighted by molar-refractivity contribution is 9.10. The summed E-state index contributed by atoms with van der Waals surface area (Å²) in [5.74, 6) is -1.93. The average molecular weight is 286 g/mol. The fraction of sp³-hybridized carbons (Fsp3) is 0.200. The van der Waals surface area contributed by atoms with Crippen molar-refractivity contribution in [1.29, 1.82) is 0 Å². The van der Waals surface area contributed by atoms with Crippen LogP contribution in [0, 0.1) is 0 Å². The number of carbonyl (C=O) groups is 2. The lowest BCUT2D eigenvalue weighted by atomic mass is 9.92. The Balaban J connectivity index is 2.51. The second-order valence-corrected chi connectivity index (χ2v) is 4.49. The van der Waals surface area contributed by atoms with Gasteiger partial charge in [-0.3, -0.25) is 9.59 Å². The lowest BCUT2D eigenvalue weighted by Gasteiger charge is -2.17. The van der Waals surface area contributed by atoms with E-state index in [2.05, 4.69) is 21.2 Å². The van der Waals surface area contributed by atoms with Gasteiger partial charge in [-0.05, 0) is 12.1 Å². The van der Waals surface area contributed by atoms with E-state index in [1.807, 2.05) is 0 Å². The Kier molecular flexibility index (Phi) is 2.47. The molecule has 2 rings (SSSR count). The molecule has 1 unspecified atom stereocenters. The minimum atomic E-state index is -1.97. The summed E-state index contributed by atoms with van der Waals surface area (Å²) >= 11 is 3.22. The number of hydrogen-bond acceptors (Lipinski definition) is 3. The van der Waals surface area contributed by atoms with E-state index in [1.54, 1.807) is 12.1 Å². The molecule has 1 aromatic carbocycles. The number of carboxylic acids is 1. The highest BCUT2D eigenvalue weighted by Crippen LogP contribution is 2.39. The molecule has 0 fully saturated rings. The first-order valence-electron chi connectivity index (χ1n) is 4.49. The second kappa shape index (κ2) is 3.57. The number of fused-ring (bicyclic) bond motifs is 1. The van der Waals surface area contributed by atoms with Gasteiger partial charge in [0.2, 0.25) is 0 Å². The van der Waals surface area contributed by atoms with Gasteiger partial charge < -0.3 is 15.5 Å². The molecular weight excluding hydrogens is 278 g/mol. The van der Waals surface area contributed by atoms with Crippen molar-refractivity contribution in [2.24, 2.45) is 0 Å². The number of nitrogens with one attached hydrogen (secondary N) is 1. The Bertz CT molecular complexity index is 488. The van der Waals surface area contributed by atoms with Crippen LogP contribution in [0.2, 0.25) is 0 Å². The lowest BCUT2D eigenvalue weighted by Crippen LogP contribution is -2.36. The van der Waals surface area contributed by atoms with E-state index in [0.717, 1.165) is 4.47 Å². The third kappa shape index (κ3) is 1.60. The maximum atomic E-state index is 11.6. The summed E-state index contributed by atoms with van der Waals surface area (Å²) in [6, 6.07) is 4.79. The largest absolute Gasteiger partial charge is 0.481 e. The van der Waals surface area contributed by atoms with Gasteiger partial charge in [0, 0.05) is 15.7 Å². The predicted octanol–water partition coefficient (Wildman–Crippen LogP) is 1.06. The van der Waals surface area contributed by atoms with E-state index in [-0.39, 0.29) is 0 Å². The van der Waals surface area contributed by atoms with Crippen LogP contribution in [0.3, 0.4) is 0 Å². The topological polar surface area (TPSA) is 86.6 Å². The van der Waals surface area contributed by atoms with Crippen molar-refractivity contribution in [1.82, 2.24) is 0 Å². The van der Waals surface area contributed by atoms with Gasteiger partial charge in [0.15, 0.2) is 5.60 Å². The zero-order valence-corrected chi connectivity index (χ0v) is 9.61. The number of halogens is 1. The van der Waals surface area contributed by atoms with Gasteiger partial charge >= 0.3 is 5.97 Å². The molecule has 0 spiro atoms. The highest BCUT2D eigenvalue weighted by Gasteiger charge is 2.46. The Morgan fingerprint density at radius 1 is 1.50 bits per heavy atom. The maximum absolute atomic E-state index is 11.6. The van der Waals surface area contributed by atoms with Gasteiger partial charge in [-0.2, -0.15) is 0 Å². The first-order valence-corrected chi connectivity index (χ1v) is 5.28. The Morgan fingerprint density at radius 3 is 2.81 bits per heavy atom. The van der Waals surface area contributed by atoms with Gasteiger partial charge in [-0.1, -0.05) is 22.0 Å². The highest BCUT2D eigenvalue weighted by atomic mass is 79.9. The van der Waals surface area contributed by atoms with Crippen LogP contribution in [0.1, 0.15) is 12.0 Å². The molecule has 0 saturated carbocycles. The van der Waals surface area contributed by atoms with E-state index in [4.69, 9.17) is 5.11 Å². The zero-order valence-electron chi connectivity index (χ0n) is 8.03. The third-order valence-electron chi connectivity index (χ3n) is 2.46. The molecule has 0 radical (unpaired) electrons. The number of anilines is 1. The lowest BCUT2D eigenvalue weighted by molar-refractivity contribution is -0.149. The summed E-state index contributed by atoms with van der Waals surface area (Å²) in [6.07, 6.45) is -0.645. The molecule has 0 aliphatic carbocycles. The predicted molar refractivity (Wildman–Crippen MR) is 58.9 cm³/mol. The fourth-order valence-corrected chi connectivity index (χ4v) is 2.08. The van der Waals surface area contributed by atoms with Crippen molar-refractivity contribution < 1.29 is 19.8 Å². The molecular formula is C10H8BrNO4. The van der Waals surface area contributed by atoms with E-state index >= 15 is 0 Å². The summed E-state index contributed by atoms with van der Waals surface area (Å²) in [6.45, 7) is 0. The van der Waals surface area contributed by atoms with Crippen LogP contribution >= 0.6 is 15.9 Å². The van der Waals surface area contributed by atoms with Crippen LogP contribution in [0.25, 0.3) is 0 Å². The monoisotopic (exact) mass is 285 g/mol. The van der Waals surface area contributed by atoms with Crippen molar-refractivity contribution in [2.45, 2.75) is 12.0 Å². The molecule has 16 heavy (non-hydrogen) atoms. The van der Waals surface area contributed by atoms with Crippen LogP contribution in [0.5, 0.6) is 0 Å². The first-order chi connectivity index (χ1) is 7.43. The maximum Gasteiger partial charge on any atom is 0.307 e. The van der Waals surface area contributed by atoms with Gasteiger partial charge in [-0.15, -0.1) is 0 Å². The zero-order chi connectivity index (χ0) is 11.9. The van der Waals surface area contributed by atoms with Gasteiger partial charge in [-0.25, -0.2) is 0 Å². The summed E-state index contributed by atoms with van der Waals surface area (Å²) in [4.78, 5) is 22.2. The van der Waals surface area contributed by atoms with Crippen molar-refractivity contribution >= 4 is 33.5 Å². The fourth-order valence-electron chi connectivity index (χ4n) is 1.72. The first kappa shape index (κ1) is 11.1. The van der Waals surface area contributed by atoms with E-state index < -0.39 is 23.9 Å².